The van der Waals surface area contributed by atoms with Crippen LogP contribution in [0.4, 0.5) is 19.0 Å². The fourth-order valence-corrected chi connectivity index (χ4v) is 1.43. The van der Waals surface area contributed by atoms with Gasteiger partial charge in [0.25, 0.3) is 0 Å². The lowest BCUT2D eigenvalue weighted by atomic mass is 10.0. The highest BCUT2D eigenvalue weighted by Gasteiger charge is 2.33. The molecule has 0 aromatic carbocycles. The Bertz CT molecular complexity index is 370. The van der Waals surface area contributed by atoms with Gasteiger partial charge in [0.05, 0.1) is 0 Å². The van der Waals surface area contributed by atoms with Crippen LogP contribution in [-0.4, -0.2) is 19.1 Å². The Balaban J connectivity index is 3.29. The van der Waals surface area contributed by atoms with E-state index in [0.717, 1.165) is 11.6 Å². The monoisotopic (exact) mass is 232 g/mol. The highest BCUT2D eigenvalue weighted by Crippen LogP contribution is 2.32. The average Bonchev–Trinajstić information content (AvgIpc) is 2.15. The van der Waals surface area contributed by atoms with Crippen molar-refractivity contribution < 1.29 is 13.2 Å². The van der Waals surface area contributed by atoms with Gasteiger partial charge in [0, 0.05) is 14.1 Å². The summed E-state index contributed by atoms with van der Waals surface area (Å²) in [6.07, 6.45) is -4.39. The maximum absolute atomic E-state index is 12.5. The van der Waals surface area contributed by atoms with Crippen LogP contribution in [-0.2, 0) is 6.18 Å². The Hall–Kier alpha value is -1.26. The van der Waals surface area contributed by atoms with Gasteiger partial charge in [0.2, 0.25) is 0 Å². The molecule has 0 N–H and O–H groups in total. The minimum absolute atomic E-state index is 0.146. The molecular weight excluding hydrogens is 217 g/mol. The summed E-state index contributed by atoms with van der Waals surface area (Å²) in [6.45, 7) is 3.86. The Morgan fingerprint density at radius 2 is 1.75 bits per heavy atom. The molecule has 0 saturated heterocycles. The molecule has 0 spiro atoms. The smallest absolute Gasteiger partial charge is 0.362 e. The van der Waals surface area contributed by atoms with Crippen LogP contribution in [0.1, 0.15) is 31.0 Å². The van der Waals surface area contributed by atoms with E-state index in [4.69, 9.17) is 0 Å². The zero-order chi connectivity index (χ0) is 12.5. The minimum Gasteiger partial charge on any atom is -0.362 e. The van der Waals surface area contributed by atoms with Crippen LogP contribution in [0.5, 0.6) is 0 Å². The molecule has 1 heterocycles. The SMILES string of the molecule is CC(C)c1ccc(C(F)(F)F)nc1N(C)C. The minimum atomic E-state index is -4.39. The van der Waals surface area contributed by atoms with Crippen molar-refractivity contribution in [1.82, 2.24) is 4.98 Å². The van der Waals surface area contributed by atoms with E-state index >= 15 is 0 Å². The molecule has 5 heteroatoms. The number of hydrogen-bond donors (Lipinski definition) is 0. The van der Waals surface area contributed by atoms with Gasteiger partial charge < -0.3 is 4.90 Å². The summed E-state index contributed by atoms with van der Waals surface area (Å²) < 4.78 is 37.4. The van der Waals surface area contributed by atoms with Gasteiger partial charge in [-0.05, 0) is 17.5 Å². The van der Waals surface area contributed by atoms with Crippen molar-refractivity contribution in [3.63, 3.8) is 0 Å². The number of nitrogens with zero attached hydrogens (tertiary/aromatic N) is 2. The van der Waals surface area contributed by atoms with Gasteiger partial charge in [-0.3, -0.25) is 0 Å². The van der Waals surface area contributed by atoms with Crippen molar-refractivity contribution in [2.24, 2.45) is 0 Å². The molecule has 0 bridgehead atoms. The molecule has 16 heavy (non-hydrogen) atoms. The summed E-state index contributed by atoms with van der Waals surface area (Å²) in [5.41, 5.74) is -0.0291. The summed E-state index contributed by atoms with van der Waals surface area (Å²) in [4.78, 5) is 5.27. The van der Waals surface area contributed by atoms with Crippen molar-refractivity contribution >= 4 is 5.82 Å². The van der Waals surface area contributed by atoms with Gasteiger partial charge >= 0.3 is 6.18 Å². The first-order chi connectivity index (χ1) is 7.23. The second-order valence-corrected chi connectivity index (χ2v) is 4.16. The van der Waals surface area contributed by atoms with Crippen molar-refractivity contribution in [1.29, 1.82) is 0 Å². The molecule has 0 fully saturated rings. The Morgan fingerprint density at radius 1 is 1.19 bits per heavy atom. The topological polar surface area (TPSA) is 16.1 Å². The van der Waals surface area contributed by atoms with Crippen LogP contribution in [0.15, 0.2) is 12.1 Å². The molecular formula is C11H15F3N2. The fraction of sp³-hybridized carbons (Fsp3) is 0.545. The summed E-state index contributed by atoms with van der Waals surface area (Å²) in [5.74, 6) is 0.525. The van der Waals surface area contributed by atoms with E-state index in [1.165, 1.54) is 6.07 Å². The third-order valence-electron chi connectivity index (χ3n) is 2.24. The first-order valence-corrected chi connectivity index (χ1v) is 4.99. The van der Waals surface area contributed by atoms with Gasteiger partial charge in [-0.2, -0.15) is 13.2 Å². The second-order valence-electron chi connectivity index (χ2n) is 4.16. The summed E-state index contributed by atoms with van der Waals surface area (Å²) in [6, 6.07) is 2.53. The molecule has 0 aliphatic carbocycles. The second kappa shape index (κ2) is 4.31. The lowest BCUT2D eigenvalue weighted by Gasteiger charge is -2.20. The Kier molecular flexibility index (Phi) is 3.45. The molecule has 0 amide bonds. The lowest BCUT2D eigenvalue weighted by Crippen LogP contribution is -2.17. The molecule has 0 radical (unpaired) electrons. The largest absolute Gasteiger partial charge is 0.433 e. The molecule has 2 nitrogen and oxygen atoms in total. The standard InChI is InChI=1S/C11H15F3N2/c1-7(2)8-5-6-9(11(12,13)14)15-10(8)16(3)4/h5-7H,1-4H3. The quantitative estimate of drug-likeness (QED) is 0.777. The molecule has 0 atom stereocenters. The number of hydrogen-bond acceptors (Lipinski definition) is 2. The highest BCUT2D eigenvalue weighted by molar-refractivity contribution is 5.48. The third kappa shape index (κ3) is 2.65. The highest BCUT2D eigenvalue weighted by atomic mass is 19.4. The van der Waals surface area contributed by atoms with E-state index in [1.807, 2.05) is 13.8 Å². The zero-order valence-electron chi connectivity index (χ0n) is 9.76. The Morgan fingerprint density at radius 3 is 2.12 bits per heavy atom. The molecule has 0 aliphatic rings. The molecule has 0 unspecified atom stereocenters. The van der Waals surface area contributed by atoms with Crippen molar-refractivity contribution in [3.05, 3.63) is 23.4 Å². The van der Waals surface area contributed by atoms with Crippen molar-refractivity contribution in [2.45, 2.75) is 25.9 Å². The normalized spacial score (nSPS) is 12.0. The number of aromatic nitrogens is 1. The Labute approximate surface area is 93.1 Å². The predicted octanol–water partition coefficient (Wildman–Crippen LogP) is 3.29. The molecule has 1 rings (SSSR count). The van der Waals surface area contributed by atoms with E-state index in [9.17, 15) is 13.2 Å². The number of halogens is 3. The van der Waals surface area contributed by atoms with Gasteiger partial charge in [0.15, 0.2) is 0 Å². The summed E-state index contributed by atoms with van der Waals surface area (Å²) in [7, 11) is 3.38. The molecule has 90 valence electrons. The summed E-state index contributed by atoms with van der Waals surface area (Å²) >= 11 is 0. The molecule has 0 aliphatic heterocycles. The van der Waals surface area contributed by atoms with Gasteiger partial charge in [-0.25, -0.2) is 4.98 Å². The molecule has 1 aromatic rings. The zero-order valence-corrected chi connectivity index (χ0v) is 9.76. The molecule has 1 aromatic heterocycles. The van der Waals surface area contributed by atoms with Crippen LogP contribution in [0.2, 0.25) is 0 Å². The van der Waals surface area contributed by atoms with E-state index in [2.05, 4.69) is 4.98 Å². The maximum Gasteiger partial charge on any atom is 0.433 e. The van der Waals surface area contributed by atoms with Gasteiger partial charge in [0.1, 0.15) is 11.5 Å². The van der Waals surface area contributed by atoms with E-state index in [-0.39, 0.29) is 5.92 Å². The van der Waals surface area contributed by atoms with E-state index in [1.54, 1.807) is 19.0 Å². The fourth-order valence-electron chi connectivity index (χ4n) is 1.43. The first-order valence-electron chi connectivity index (χ1n) is 4.99. The van der Waals surface area contributed by atoms with Gasteiger partial charge in [-0.15, -0.1) is 0 Å². The van der Waals surface area contributed by atoms with Crippen molar-refractivity contribution in [3.8, 4) is 0 Å². The lowest BCUT2D eigenvalue weighted by molar-refractivity contribution is -0.141. The predicted molar refractivity (Wildman–Crippen MR) is 57.7 cm³/mol. The number of anilines is 1. The van der Waals surface area contributed by atoms with Crippen molar-refractivity contribution in [2.75, 3.05) is 19.0 Å². The van der Waals surface area contributed by atoms with E-state index < -0.39 is 11.9 Å². The van der Waals surface area contributed by atoms with Gasteiger partial charge in [-0.1, -0.05) is 19.9 Å². The first kappa shape index (κ1) is 12.8. The van der Waals surface area contributed by atoms with Crippen LogP contribution >= 0.6 is 0 Å². The molecule has 0 saturated carbocycles. The summed E-state index contributed by atoms with van der Waals surface area (Å²) in [5, 5.41) is 0. The van der Waals surface area contributed by atoms with E-state index in [0.29, 0.717) is 5.82 Å². The average molecular weight is 232 g/mol. The number of pyridine rings is 1. The number of rotatable bonds is 2. The van der Waals surface area contributed by atoms with Crippen LogP contribution in [0.3, 0.4) is 0 Å². The van der Waals surface area contributed by atoms with Crippen LogP contribution < -0.4 is 4.90 Å². The third-order valence-corrected chi connectivity index (χ3v) is 2.24. The maximum atomic E-state index is 12.5. The van der Waals surface area contributed by atoms with Crippen LogP contribution in [0, 0.1) is 0 Å². The number of alkyl halides is 3. The van der Waals surface area contributed by atoms with Crippen LogP contribution in [0.25, 0.3) is 0 Å².